The highest BCUT2D eigenvalue weighted by molar-refractivity contribution is 7.99. The van der Waals surface area contributed by atoms with E-state index in [1.165, 1.54) is 11.8 Å². The van der Waals surface area contributed by atoms with Crippen molar-refractivity contribution in [3.63, 3.8) is 0 Å². The summed E-state index contributed by atoms with van der Waals surface area (Å²) in [7, 11) is 0. The van der Waals surface area contributed by atoms with E-state index in [0.717, 1.165) is 24.1 Å². The second kappa shape index (κ2) is 8.86. The Labute approximate surface area is 162 Å². The van der Waals surface area contributed by atoms with Crippen LogP contribution in [0.25, 0.3) is 16.6 Å². The summed E-state index contributed by atoms with van der Waals surface area (Å²) in [5, 5.41) is 3.97. The molecule has 2 aromatic carbocycles. The van der Waals surface area contributed by atoms with Crippen molar-refractivity contribution >= 4 is 28.6 Å². The standard InChI is InChI=1S/C21H23N3O2S/c1-3-13-22-19(25)14-27-21-23-17-11-7-6-10-16(17)20(26)24(21)18-12-8-5-9-15(18)4-2/h5-12H,3-4,13-14H2,1-2H3,(H,22,25). The van der Waals surface area contributed by atoms with Crippen LogP contribution in [0.4, 0.5) is 0 Å². The number of aryl methyl sites for hydroxylation is 1. The average Bonchev–Trinajstić information content (AvgIpc) is 2.71. The Morgan fingerprint density at radius 1 is 1.11 bits per heavy atom. The zero-order valence-electron chi connectivity index (χ0n) is 15.6. The van der Waals surface area contributed by atoms with Gasteiger partial charge in [0.1, 0.15) is 0 Å². The Bertz CT molecular complexity index is 1010. The number of aromatic nitrogens is 2. The molecule has 3 rings (SSSR count). The molecule has 0 bridgehead atoms. The maximum atomic E-state index is 13.2. The molecule has 0 aliphatic carbocycles. The van der Waals surface area contributed by atoms with Gasteiger partial charge in [-0.05, 0) is 36.6 Å². The van der Waals surface area contributed by atoms with Crippen LogP contribution in [0.15, 0.2) is 58.5 Å². The number of benzene rings is 2. The molecule has 5 nitrogen and oxygen atoms in total. The first-order valence-corrected chi connectivity index (χ1v) is 10.1. The van der Waals surface area contributed by atoms with E-state index in [-0.39, 0.29) is 17.2 Å². The molecule has 1 N–H and O–H groups in total. The monoisotopic (exact) mass is 381 g/mol. The van der Waals surface area contributed by atoms with E-state index in [9.17, 15) is 9.59 Å². The van der Waals surface area contributed by atoms with Crippen molar-refractivity contribution in [3.05, 3.63) is 64.4 Å². The number of fused-ring (bicyclic) bond motifs is 1. The van der Waals surface area contributed by atoms with E-state index in [1.807, 2.05) is 49.4 Å². The summed E-state index contributed by atoms with van der Waals surface area (Å²) in [4.78, 5) is 30.0. The van der Waals surface area contributed by atoms with E-state index in [2.05, 4.69) is 17.2 Å². The van der Waals surface area contributed by atoms with Crippen LogP contribution in [0.1, 0.15) is 25.8 Å². The van der Waals surface area contributed by atoms with Gasteiger partial charge in [0, 0.05) is 6.54 Å². The van der Waals surface area contributed by atoms with Gasteiger partial charge < -0.3 is 5.32 Å². The molecule has 1 aromatic heterocycles. The second-order valence-electron chi connectivity index (χ2n) is 6.17. The quantitative estimate of drug-likeness (QED) is 0.502. The number of nitrogens with zero attached hydrogens (tertiary/aromatic N) is 2. The minimum atomic E-state index is -0.113. The van der Waals surface area contributed by atoms with Crippen LogP contribution < -0.4 is 10.9 Å². The number of hydrogen-bond acceptors (Lipinski definition) is 4. The maximum Gasteiger partial charge on any atom is 0.266 e. The Kier molecular flexibility index (Phi) is 6.29. The van der Waals surface area contributed by atoms with Gasteiger partial charge in [-0.25, -0.2) is 4.98 Å². The number of nitrogens with one attached hydrogen (secondary N) is 1. The van der Waals surface area contributed by atoms with Crippen LogP contribution >= 0.6 is 11.8 Å². The van der Waals surface area contributed by atoms with Gasteiger partial charge in [0.15, 0.2) is 5.16 Å². The van der Waals surface area contributed by atoms with E-state index >= 15 is 0 Å². The molecule has 0 aliphatic heterocycles. The van der Waals surface area contributed by atoms with E-state index in [1.54, 1.807) is 10.6 Å². The minimum Gasteiger partial charge on any atom is -0.355 e. The molecule has 140 valence electrons. The Hall–Kier alpha value is -2.60. The van der Waals surface area contributed by atoms with Crippen LogP contribution in [0.5, 0.6) is 0 Å². The third-order valence-corrected chi connectivity index (χ3v) is 5.20. The fraction of sp³-hybridized carbons (Fsp3) is 0.286. The molecule has 1 amide bonds. The summed E-state index contributed by atoms with van der Waals surface area (Å²) in [6.07, 6.45) is 1.69. The van der Waals surface area contributed by atoms with E-state index in [0.29, 0.717) is 22.6 Å². The smallest absolute Gasteiger partial charge is 0.266 e. The normalized spacial score (nSPS) is 10.9. The molecule has 0 aliphatic rings. The van der Waals surface area contributed by atoms with Crippen molar-refractivity contribution in [2.45, 2.75) is 31.8 Å². The molecule has 0 atom stereocenters. The van der Waals surface area contributed by atoms with Crippen molar-refractivity contribution in [1.82, 2.24) is 14.9 Å². The van der Waals surface area contributed by atoms with Crippen LogP contribution in [0.2, 0.25) is 0 Å². The molecule has 0 radical (unpaired) electrons. The summed E-state index contributed by atoms with van der Waals surface area (Å²) < 4.78 is 1.64. The van der Waals surface area contributed by atoms with Crippen molar-refractivity contribution in [1.29, 1.82) is 0 Å². The van der Waals surface area contributed by atoms with Gasteiger partial charge in [-0.15, -0.1) is 0 Å². The number of carbonyl (C=O) groups excluding carboxylic acids is 1. The van der Waals surface area contributed by atoms with Crippen LogP contribution in [-0.2, 0) is 11.2 Å². The zero-order chi connectivity index (χ0) is 19.2. The third-order valence-electron chi connectivity index (χ3n) is 4.26. The zero-order valence-corrected chi connectivity index (χ0v) is 16.4. The Balaban J connectivity index is 2.10. The lowest BCUT2D eigenvalue weighted by molar-refractivity contribution is -0.118. The number of hydrogen-bond donors (Lipinski definition) is 1. The number of rotatable bonds is 7. The fourth-order valence-electron chi connectivity index (χ4n) is 2.90. The third kappa shape index (κ3) is 4.22. The number of thioether (sulfide) groups is 1. The number of para-hydroxylation sites is 2. The van der Waals surface area contributed by atoms with Gasteiger partial charge in [0.25, 0.3) is 5.56 Å². The first-order chi connectivity index (χ1) is 13.2. The molecule has 0 spiro atoms. The SMILES string of the molecule is CCCNC(=O)CSc1nc2ccccc2c(=O)n1-c1ccccc1CC. The van der Waals surface area contributed by atoms with Crippen molar-refractivity contribution in [3.8, 4) is 5.69 Å². The van der Waals surface area contributed by atoms with E-state index < -0.39 is 0 Å². The lowest BCUT2D eigenvalue weighted by Gasteiger charge is -2.16. The highest BCUT2D eigenvalue weighted by atomic mass is 32.2. The molecule has 6 heteroatoms. The lowest BCUT2D eigenvalue weighted by atomic mass is 10.1. The molecular weight excluding hydrogens is 358 g/mol. The van der Waals surface area contributed by atoms with Gasteiger partial charge in [0.05, 0.1) is 22.3 Å². The van der Waals surface area contributed by atoms with Crippen LogP contribution in [0.3, 0.4) is 0 Å². The first-order valence-electron chi connectivity index (χ1n) is 9.15. The van der Waals surface area contributed by atoms with Crippen molar-refractivity contribution in [2.24, 2.45) is 0 Å². The Morgan fingerprint density at radius 2 is 1.85 bits per heavy atom. The molecule has 0 unspecified atom stereocenters. The number of carbonyl (C=O) groups is 1. The molecule has 0 fully saturated rings. The average molecular weight is 382 g/mol. The highest BCUT2D eigenvalue weighted by Crippen LogP contribution is 2.23. The van der Waals surface area contributed by atoms with Crippen molar-refractivity contribution in [2.75, 3.05) is 12.3 Å². The highest BCUT2D eigenvalue weighted by Gasteiger charge is 2.16. The van der Waals surface area contributed by atoms with Crippen molar-refractivity contribution < 1.29 is 4.79 Å². The molecule has 3 aromatic rings. The van der Waals surface area contributed by atoms with Crippen LogP contribution in [0, 0.1) is 0 Å². The fourth-order valence-corrected chi connectivity index (χ4v) is 3.73. The predicted molar refractivity (Wildman–Crippen MR) is 111 cm³/mol. The molecule has 0 saturated carbocycles. The molecule has 1 heterocycles. The summed E-state index contributed by atoms with van der Waals surface area (Å²) in [6, 6.07) is 15.1. The summed E-state index contributed by atoms with van der Waals surface area (Å²) in [5.74, 6) is 0.165. The largest absolute Gasteiger partial charge is 0.355 e. The second-order valence-corrected chi connectivity index (χ2v) is 7.12. The lowest BCUT2D eigenvalue weighted by Crippen LogP contribution is -2.27. The van der Waals surface area contributed by atoms with Gasteiger partial charge in [-0.1, -0.05) is 55.9 Å². The topological polar surface area (TPSA) is 64.0 Å². The Morgan fingerprint density at radius 3 is 2.63 bits per heavy atom. The maximum absolute atomic E-state index is 13.2. The summed E-state index contributed by atoms with van der Waals surface area (Å²) in [5.41, 5.74) is 2.41. The molecular formula is C21H23N3O2S. The van der Waals surface area contributed by atoms with Gasteiger partial charge >= 0.3 is 0 Å². The van der Waals surface area contributed by atoms with Gasteiger partial charge in [0.2, 0.25) is 5.91 Å². The van der Waals surface area contributed by atoms with Crippen LogP contribution in [-0.4, -0.2) is 27.8 Å². The van der Waals surface area contributed by atoms with E-state index in [4.69, 9.17) is 0 Å². The summed E-state index contributed by atoms with van der Waals surface area (Å²) >= 11 is 1.29. The minimum absolute atomic E-state index is 0.0559. The molecule has 0 saturated heterocycles. The van der Waals surface area contributed by atoms with Gasteiger partial charge in [-0.2, -0.15) is 0 Å². The first kappa shape index (κ1) is 19.2. The van der Waals surface area contributed by atoms with Gasteiger partial charge in [-0.3, -0.25) is 14.2 Å². The number of amides is 1. The molecule has 27 heavy (non-hydrogen) atoms. The predicted octanol–water partition coefficient (Wildman–Crippen LogP) is 3.57. The summed E-state index contributed by atoms with van der Waals surface area (Å²) in [6.45, 7) is 4.72.